The second-order valence-corrected chi connectivity index (χ2v) is 6.88. The average molecular weight is 438 g/mol. The van der Waals surface area contributed by atoms with Gasteiger partial charge in [-0.2, -0.15) is 0 Å². The van der Waals surface area contributed by atoms with Crippen molar-refractivity contribution in [1.29, 1.82) is 0 Å². The van der Waals surface area contributed by atoms with Crippen LogP contribution in [-0.2, 0) is 11.2 Å². The molecule has 1 amide bonds. The number of rotatable bonds is 7. The molecule has 0 saturated carbocycles. The Morgan fingerprint density at radius 3 is 2.40 bits per heavy atom. The molecule has 3 rings (SSSR count). The van der Waals surface area contributed by atoms with E-state index < -0.39 is 6.36 Å². The van der Waals surface area contributed by atoms with E-state index in [0.29, 0.717) is 33.5 Å². The van der Waals surface area contributed by atoms with E-state index in [1.807, 2.05) is 0 Å². The zero-order valence-corrected chi connectivity index (χ0v) is 16.8. The summed E-state index contributed by atoms with van der Waals surface area (Å²) in [5.74, 6) is 0.559. The lowest BCUT2D eigenvalue weighted by molar-refractivity contribution is -0.274. The first-order chi connectivity index (χ1) is 14.3. The quantitative estimate of drug-likeness (QED) is 0.568. The van der Waals surface area contributed by atoms with E-state index in [9.17, 15) is 18.0 Å². The van der Waals surface area contributed by atoms with Crippen molar-refractivity contribution in [3.63, 3.8) is 0 Å². The molecule has 158 valence electrons. The Morgan fingerprint density at radius 1 is 1.07 bits per heavy atom. The molecule has 0 aliphatic carbocycles. The van der Waals surface area contributed by atoms with E-state index >= 15 is 0 Å². The minimum Gasteiger partial charge on any atom is -0.497 e. The van der Waals surface area contributed by atoms with E-state index in [1.54, 1.807) is 37.8 Å². The molecule has 0 bridgehead atoms. The van der Waals surface area contributed by atoms with Gasteiger partial charge >= 0.3 is 6.36 Å². The number of aromatic nitrogens is 1. The average Bonchev–Trinajstić information content (AvgIpc) is 3.16. The highest BCUT2D eigenvalue weighted by atomic mass is 32.1. The molecule has 0 fully saturated rings. The zero-order chi connectivity index (χ0) is 21.7. The lowest BCUT2D eigenvalue weighted by atomic mass is 10.1. The van der Waals surface area contributed by atoms with E-state index in [4.69, 9.17) is 9.47 Å². The van der Waals surface area contributed by atoms with Crippen molar-refractivity contribution in [1.82, 2.24) is 4.98 Å². The normalized spacial score (nSPS) is 11.1. The summed E-state index contributed by atoms with van der Waals surface area (Å²) >= 11 is 1.24. The Hall–Kier alpha value is -3.27. The summed E-state index contributed by atoms with van der Waals surface area (Å²) in [5.41, 5.74) is 1.86. The fourth-order valence-corrected chi connectivity index (χ4v) is 3.35. The summed E-state index contributed by atoms with van der Waals surface area (Å²) in [4.78, 5) is 16.7. The van der Waals surface area contributed by atoms with Gasteiger partial charge in [-0.3, -0.25) is 4.79 Å². The van der Waals surface area contributed by atoms with E-state index in [0.717, 1.165) is 12.1 Å². The summed E-state index contributed by atoms with van der Waals surface area (Å²) < 4.78 is 51.0. The van der Waals surface area contributed by atoms with Crippen molar-refractivity contribution >= 4 is 22.4 Å². The summed E-state index contributed by atoms with van der Waals surface area (Å²) in [6, 6.07) is 10.4. The maximum absolute atomic E-state index is 12.3. The van der Waals surface area contributed by atoms with Crippen LogP contribution >= 0.6 is 11.3 Å². The van der Waals surface area contributed by atoms with Gasteiger partial charge in [-0.05, 0) is 35.9 Å². The van der Waals surface area contributed by atoms with Crippen molar-refractivity contribution in [2.24, 2.45) is 0 Å². The number of methoxy groups -OCH3 is 2. The Bertz CT molecular complexity index is 1020. The number of anilines is 1. The third-order valence-electron chi connectivity index (χ3n) is 3.95. The largest absolute Gasteiger partial charge is 0.573 e. The number of nitrogens with one attached hydrogen (secondary N) is 1. The van der Waals surface area contributed by atoms with E-state index in [-0.39, 0.29) is 18.1 Å². The number of hydrogen-bond donors (Lipinski definition) is 1. The van der Waals surface area contributed by atoms with Crippen molar-refractivity contribution in [3.8, 4) is 28.5 Å². The lowest BCUT2D eigenvalue weighted by Crippen LogP contribution is -2.17. The molecule has 1 aromatic heterocycles. The summed E-state index contributed by atoms with van der Waals surface area (Å²) in [6.07, 6.45) is -4.78. The van der Waals surface area contributed by atoms with Gasteiger partial charge in [0.1, 0.15) is 17.2 Å². The highest BCUT2D eigenvalue weighted by Gasteiger charge is 2.31. The molecule has 0 atom stereocenters. The number of benzene rings is 2. The second kappa shape index (κ2) is 9.04. The predicted molar refractivity (Wildman–Crippen MR) is 106 cm³/mol. The number of alkyl halides is 3. The van der Waals surface area contributed by atoms with Crippen LogP contribution in [0.3, 0.4) is 0 Å². The van der Waals surface area contributed by atoms with Crippen LogP contribution in [0.25, 0.3) is 11.3 Å². The Morgan fingerprint density at radius 2 is 1.77 bits per heavy atom. The van der Waals surface area contributed by atoms with Gasteiger partial charge in [-0.25, -0.2) is 4.98 Å². The molecular formula is C20H17F3N2O4S. The Kier molecular flexibility index (Phi) is 6.46. The fourth-order valence-electron chi connectivity index (χ4n) is 2.63. The molecule has 0 aliphatic rings. The second-order valence-electron chi connectivity index (χ2n) is 6.02. The summed E-state index contributed by atoms with van der Waals surface area (Å²) in [7, 11) is 3.10. The number of nitrogens with zero attached hydrogens (tertiary/aromatic N) is 1. The van der Waals surface area contributed by atoms with Gasteiger partial charge in [0.15, 0.2) is 5.13 Å². The predicted octanol–water partition coefficient (Wildman–Crippen LogP) is 4.91. The van der Waals surface area contributed by atoms with Gasteiger partial charge in [0.05, 0.1) is 26.3 Å². The van der Waals surface area contributed by atoms with Gasteiger partial charge in [-0.15, -0.1) is 24.5 Å². The molecule has 6 nitrogen and oxygen atoms in total. The molecule has 0 spiro atoms. The molecule has 0 saturated heterocycles. The highest BCUT2D eigenvalue weighted by Crippen LogP contribution is 2.35. The van der Waals surface area contributed by atoms with E-state index in [1.165, 1.54) is 23.5 Å². The van der Waals surface area contributed by atoms with Crippen LogP contribution < -0.4 is 19.5 Å². The molecule has 0 radical (unpaired) electrons. The molecule has 1 heterocycles. The van der Waals surface area contributed by atoms with Gasteiger partial charge in [0.2, 0.25) is 5.91 Å². The molecule has 30 heavy (non-hydrogen) atoms. The molecular weight excluding hydrogens is 421 g/mol. The first-order valence-corrected chi connectivity index (χ1v) is 9.48. The number of hydrogen-bond acceptors (Lipinski definition) is 6. The summed E-state index contributed by atoms with van der Waals surface area (Å²) in [6.45, 7) is 0. The number of thiazole rings is 1. The van der Waals surface area contributed by atoms with Crippen LogP contribution in [0, 0.1) is 0 Å². The van der Waals surface area contributed by atoms with Crippen LogP contribution in [0.2, 0.25) is 0 Å². The van der Waals surface area contributed by atoms with Crippen LogP contribution in [0.1, 0.15) is 5.56 Å². The number of ether oxygens (including phenoxy) is 3. The van der Waals surface area contributed by atoms with Crippen LogP contribution in [0.4, 0.5) is 18.3 Å². The molecule has 0 aliphatic heterocycles. The number of carbonyl (C=O) groups excluding carboxylic acids is 1. The van der Waals surface area contributed by atoms with Crippen molar-refractivity contribution in [2.75, 3.05) is 19.5 Å². The Balaban J connectivity index is 1.66. The smallest absolute Gasteiger partial charge is 0.497 e. The fraction of sp³-hybridized carbons (Fsp3) is 0.200. The molecule has 10 heteroatoms. The summed E-state index contributed by atoms with van der Waals surface area (Å²) in [5, 5.41) is 4.84. The van der Waals surface area contributed by atoms with Crippen molar-refractivity contribution in [2.45, 2.75) is 12.8 Å². The van der Waals surface area contributed by atoms with Gasteiger partial charge in [-0.1, -0.05) is 12.1 Å². The maximum Gasteiger partial charge on any atom is 0.573 e. The monoisotopic (exact) mass is 438 g/mol. The minimum absolute atomic E-state index is 0.0241. The molecule has 1 N–H and O–H groups in total. The standard InChI is InChI=1S/C20H17F3N2O4S/c1-27-14-7-8-17(28-2)15(10-14)16-11-30-19(24-16)25-18(26)9-12-3-5-13(6-4-12)29-20(21,22)23/h3-8,10-11H,9H2,1-2H3,(H,24,25,26). The topological polar surface area (TPSA) is 69.7 Å². The van der Waals surface area contributed by atoms with Crippen LogP contribution in [0.5, 0.6) is 17.2 Å². The van der Waals surface area contributed by atoms with Gasteiger partial charge in [0.25, 0.3) is 0 Å². The number of carbonyl (C=O) groups is 1. The van der Waals surface area contributed by atoms with E-state index in [2.05, 4.69) is 15.0 Å². The molecule has 3 aromatic rings. The minimum atomic E-state index is -4.76. The van der Waals surface area contributed by atoms with Crippen LogP contribution in [-0.4, -0.2) is 31.5 Å². The number of halogens is 3. The first-order valence-electron chi connectivity index (χ1n) is 8.60. The number of amides is 1. The lowest BCUT2D eigenvalue weighted by Gasteiger charge is -2.09. The first kappa shape index (κ1) is 21.4. The van der Waals surface area contributed by atoms with Crippen molar-refractivity contribution in [3.05, 3.63) is 53.4 Å². The third kappa shape index (κ3) is 5.63. The highest BCUT2D eigenvalue weighted by molar-refractivity contribution is 7.14. The molecule has 0 unspecified atom stereocenters. The van der Waals surface area contributed by atoms with Gasteiger partial charge in [0, 0.05) is 10.9 Å². The van der Waals surface area contributed by atoms with Crippen LogP contribution in [0.15, 0.2) is 47.8 Å². The third-order valence-corrected chi connectivity index (χ3v) is 4.71. The zero-order valence-electron chi connectivity index (χ0n) is 15.9. The Labute approximate surface area is 174 Å². The SMILES string of the molecule is COc1ccc(OC)c(-c2csc(NC(=O)Cc3ccc(OC(F)(F)F)cc3)n2)c1. The van der Waals surface area contributed by atoms with Crippen molar-refractivity contribution < 1.29 is 32.2 Å². The maximum atomic E-state index is 12.3. The van der Waals surface area contributed by atoms with Gasteiger partial charge < -0.3 is 19.5 Å². The molecule has 2 aromatic carbocycles.